The van der Waals surface area contributed by atoms with E-state index in [2.05, 4.69) is 16.0 Å². The van der Waals surface area contributed by atoms with Gasteiger partial charge in [0.25, 0.3) is 0 Å². The topological polar surface area (TPSA) is 74.5 Å². The van der Waals surface area contributed by atoms with Crippen LogP contribution in [0.3, 0.4) is 0 Å². The van der Waals surface area contributed by atoms with Crippen LogP contribution in [0.5, 0.6) is 0 Å². The molecule has 1 N–H and O–H groups in total. The molecule has 0 fully saturated rings. The second-order valence-electron chi connectivity index (χ2n) is 5.09. The van der Waals surface area contributed by atoms with Crippen LogP contribution in [-0.4, -0.2) is 14.5 Å². The number of hydrogen-bond acceptors (Lipinski definition) is 3. The number of fused-ring (bicyclic) bond motifs is 1. The summed E-state index contributed by atoms with van der Waals surface area (Å²) in [6.45, 7) is 5.64. The van der Waals surface area contributed by atoms with E-state index >= 15 is 0 Å². The first kappa shape index (κ1) is 13.1. The summed E-state index contributed by atoms with van der Waals surface area (Å²) in [4.78, 5) is 18.6. The van der Waals surface area contributed by atoms with Crippen LogP contribution >= 0.6 is 0 Å². The van der Waals surface area contributed by atoms with Gasteiger partial charge in [0.15, 0.2) is 0 Å². The van der Waals surface area contributed by atoms with Crippen LogP contribution in [0.2, 0.25) is 0 Å². The summed E-state index contributed by atoms with van der Waals surface area (Å²) in [5, 5.41) is 10.3. The molecule has 1 aromatic carbocycles. The highest BCUT2D eigenvalue weighted by Crippen LogP contribution is 2.23. The Morgan fingerprint density at radius 3 is 2.71 bits per heavy atom. The zero-order chi connectivity index (χ0) is 15.1. The Hall–Kier alpha value is -2.87. The highest BCUT2D eigenvalue weighted by Gasteiger charge is 2.14. The van der Waals surface area contributed by atoms with Gasteiger partial charge < -0.3 is 4.98 Å². The molecule has 3 rings (SSSR count). The Labute approximate surface area is 121 Å². The predicted molar refractivity (Wildman–Crippen MR) is 80.6 cm³/mol. The van der Waals surface area contributed by atoms with Crippen molar-refractivity contribution >= 4 is 10.9 Å². The first-order valence-corrected chi connectivity index (χ1v) is 6.61. The van der Waals surface area contributed by atoms with Crippen molar-refractivity contribution in [2.24, 2.45) is 0 Å². The van der Waals surface area contributed by atoms with Gasteiger partial charge >= 0.3 is 0 Å². The molecular formula is C16H14N4O. The molecule has 0 spiro atoms. The second kappa shape index (κ2) is 4.60. The normalized spacial score (nSPS) is 10.8. The van der Waals surface area contributed by atoms with Gasteiger partial charge in [-0.15, -0.1) is 0 Å². The highest BCUT2D eigenvalue weighted by atomic mass is 16.1. The lowest BCUT2D eigenvalue weighted by molar-refractivity contribution is 0.960. The maximum atomic E-state index is 11.4. The molecule has 5 heteroatoms. The Morgan fingerprint density at radius 1 is 1.24 bits per heavy atom. The quantitative estimate of drug-likeness (QED) is 0.743. The van der Waals surface area contributed by atoms with E-state index < -0.39 is 0 Å². The molecule has 0 unspecified atom stereocenters. The van der Waals surface area contributed by atoms with Gasteiger partial charge in [0.05, 0.1) is 11.2 Å². The number of rotatable bonds is 1. The molecule has 2 heterocycles. The fourth-order valence-electron chi connectivity index (χ4n) is 2.67. The molecule has 0 saturated carbocycles. The van der Waals surface area contributed by atoms with Gasteiger partial charge in [0.1, 0.15) is 17.6 Å². The fourth-order valence-corrected chi connectivity index (χ4v) is 2.67. The van der Waals surface area contributed by atoms with Gasteiger partial charge in [0, 0.05) is 17.1 Å². The standard InChI is InChI=1S/C16H14N4O/c1-9-6-13(7-12-4-5-15(21)19-16(9)12)20-11(3)18-10(2)14(20)8-17/h4-7H,1-3H3,(H,19,21). The van der Waals surface area contributed by atoms with Crippen LogP contribution in [0.4, 0.5) is 0 Å². The van der Waals surface area contributed by atoms with Crippen molar-refractivity contribution in [3.8, 4) is 11.8 Å². The molecule has 0 amide bonds. The SMILES string of the molecule is Cc1nc(C)n(-c2cc(C)c3[nH]c(=O)ccc3c2)c1C#N. The average Bonchev–Trinajstić information content (AvgIpc) is 2.73. The Balaban J connectivity index is 2.35. The zero-order valence-electron chi connectivity index (χ0n) is 12.1. The van der Waals surface area contributed by atoms with E-state index in [1.165, 1.54) is 6.07 Å². The number of benzene rings is 1. The van der Waals surface area contributed by atoms with E-state index in [1.807, 2.05) is 37.5 Å². The minimum absolute atomic E-state index is 0.120. The van der Waals surface area contributed by atoms with E-state index in [-0.39, 0.29) is 5.56 Å². The summed E-state index contributed by atoms with van der Waals surface area (Å²) < 4.78 is 1.84. The van der Waals surface area contributed by atoms with Crippen molar-refractivity contribution in [2.45, 2.75) is 20.8 Å². The fraction of sp³-hybridized carbons (Fsp3) is 0.188. The summed E-state index contributed by atoms with van der Waals surface area (Å²) in [7, 11) is 0. The number of nitriles is 1. The lowest BCUT2D eigenvalue weighted by atomic mass is 10.1. The Morgan fingerprint density at radius 2 is 2.00 bits per heavy atom. The Bertz CT molecular complexity index is 957. The van der Waals surface area contributed by atoms with Crippen molar-refractivity contribution in [3.63, 3.8) is 0 Å². The maximum Gasteiger partial charge on any atom is 0.248 e. The van der Waals surface area contributed by atoms with Crippen LogP contribution < -0.4 is 5.56 Å². The van der Waals surface area contributed by atoms with Crippen LogP contribution in [0.25, 0.3) is 16.6 Å². The van der Waals surface area contributed by atoms with Gasteiger partial charge in [-0.05, 0) is 44.5 Å². The lowest BCUT2D eigenvalue weighted by Crippen LogP contribution is -2.05. The molecule has 0 aliphatic rings. The van der Waals surface area contributed by atoms with Gasteiger partial charge in [-0.3, -0.25) is 9.36 Å². The van der Waals surface area contributed by atoms with Crippen LogP contribution in [0.15, 0.2) is 29.1 Å². The number of aromatic nitrogens is 3. The molecular weight excluding hydrogens is 264 g/mol. The molecule has 0 aliphatic carbocycles. The summed E-state index contributed by atoms with van der Waals surface area (Å²) in [6.07, 6.45) is 0. The lowest BCUT2D eigenvalue weighted by Gasteiger charge is -2.10. The van der Waals surface area contributed by atoms with Crippen molar-refractivity contribution < 1.29 is 0 Å². The average molecular weight is 278 g/mol. The zero-order valence-corrected chi connectivity index (χ0v) is 12.1. The second-order valence-corrected chi connectivity index (χ2v) is 5.09. The molecule has 0 saturated heterocycles. The van der Waals surface area contributed by atoms with Crippen LogP contribution in [0, 0.1) is 32.1 Å². The number of H-pyrrole nitrogens is 1. The van der Waals surface area contributed by atoms with E-state index in [0.717, 1.165) is 28.0 Å². The number of hydrogen-bond donors (Lipinski definition) is 1. The molecule has 0 radical (unpaired) electrons. The van der Waals surface area contributed by atoms with E-state index in [0.29, 0.717) is 11.4 Å². The largest absolute Gasteiger partial charge is 0.322 e. The van der Waals surface area contributed by atoms with Crippen LogP contribution in [0.1, 0.15) is 22.8 Å². The van der Waals surface area contributed by atoms with Crippen molar-refractivity contribution in [3.05, 3.63) is 57.4 Å². The van der Waals surface area contributed by atoms with E-state index in [4.69, 9.17) is 0 Å². The molecule has 0 aliphatic heterocycles. The van der Waals surface area contributed by atoms with Gasteiger partial charge in [0.2, 0.25) is 5.56 Å². The third-order valence-corrected chi connectivity index (χ3v) is 3.60. The Kier molecular flexibility index (Phi) is 2.88. The van der Waals surface area contributed by atoms with Gasteiger partial charge in [-0.25, -0.2) is 4.98 Å². The summed E-state index contributed by atoms with van der Waals surface area (Å²) in [6, 6.07) is 9.40. The molecule has 2 aromatic heterocycles. The van der Waals surface area contributed by atoms with E-state index in [9.17, 15) is 10.1 Å². The van der Waals surface area contributed by atoms with E-state index in [1.54, 1.807) is 6.07 Å². The van der Waals surface area contributed by atoms with Gasteiger partial charge in [-0.2, -0.15) is 5.26 Å². The molecule has 5 nitrogen and oxygen atoms in total. The van der Waals surface area contributed by atoms with Crippen molar-refractivity contribution in [1.29, 1.82) is 5.26 Å². The first-order valence-electron chi connectivity index (χ1n) is 6.61. The molecule has 3 aromatic rings. The minimum atomic E-state index is -0.120. The number of pyridine rings is 1. The van der Waals surface area contributed by atoms with Crippen LogP contribution in [-0.2, 0) is 0 Å². The first-order chi connectivity index (χ1) is 10.0. The van der Waals surface area contributed by atoms with Gasteiger partial charge in [-0.1, -0.05) is 0 Å². The molecule has 21 heavy (non-hydrogen) atoms. The van der Waals surface area contributed by atoms with Crippen molar-refractivity contribution in [2.75, 3.05) is 0 Å². The summed E-state index contributed by atoms with van der Waals surface area (Å²) in [5.74, 6) is 0.771. The number of aromatic amines is 1. The molecule has 0 bridgehead atoms. The molecule has 104 valence electrons. The van der Waals surface area contributed by atoms with Crippen molar-refractivity contribution in [1.82, 2.24) is 14.5 Å². The number of nitrogens with zero attached hydrogens (tertiary/aromatic N) is 3. The number of imidazole rings is 1. The highest BCUT2D eigenvalue weighted by molar-refractivity contribution is 5.84. The molecule has 0 atom stereocenters. The summed E-state index contributed by atoms with van der Waals surface area (Å²) >= 11 is 0. The number of aryl methyl sites for hydroxylation is 3. The number of nitrogens with one attached hydrogen (secondary N) is 1. The smallest absolute Gasteiger partial charge is 0.248 e. The monoisotopic (exact) mass is 278 g/mol. The third-order valence-electron chi connectivity index (χ3n) is 3.60. The maximum absolute atomic E-state index is 11.4. The summed E-state index contributed by atoms with van der Waals surface area (Å²) in [5.41, 5.74) is 3.78. The predicted octanol–water partition coefficient (Wildman–Crippen LogP) is 2.51. The third kappa shape index (κ3) is 2.01. The minimum Gasteiger partial charge on any atom is -0.322 e.